The Morgan fingerprint density at radius 1 is 1.44 bits per heavy atom. The summed E-state index contributed by atoms with van der Waals surface area (Å²) in [6, 6.07) is 7.75. The second kappa shape index (κ2) is 8.06. The van der Waals surface area contributed by atoms with E-state index in [1.165, 1.54) is 0 Å². The number of rotatable bonds is 5. The Bertz CT molecular complexity index is 586. The average molecular weight is 349 g/mol. The molecule has 140 valence electrons. The number of anilines is 1. The van der Waals surface area contributed by atoms with Crippen molar-refractivity contribution in [3.63, 3.8) is 0 Å². The molecule has 1 aliphatic heterocycles. The predicted octanol–water partition coefficient (Wildman–Crippen LogP) is 2.78. The van der Waals surface area contributed by atoms with E-state index >= 15 is 0 Å². The Hall–Kier alpha value is -1.79. The van der Waals surface area contributed by atoms with Gasteiger partial charge in [-0.25, -0.2) is 4.79 Å². The minimum absolute atomic E-state index is 0.0969. The number of benzene rings is 1. The van der Waals surface area contributed by atoms with E-state index in [4.69, 9.17) is 9.84 Å². The molecule has 1 aromatic rings. The number of carbonyl (C=O) groups excluding carboxylic acids is 1. The van der Waals surface area contributed by atoms with Crippen LogP contribution in [-0.2, 0) is 0 Å². The van der Waals surface area contributed by atoms with Gasteiger partial charge < -0.3 is 20.1 Å². The predicted molar refractivity (Wildman–Crippen MR) is 100 cm³/mol. The fourth-order valence-electron chi connectivity index (χ4n) is 3.31. The molecule has 2 N–H and O–H groups in total. The van der Waals surface area contributed by atoms with Gasteiger partial charge in [0, 0.05) is 36.9 Å². The molecule has 0 spiro atoms. The molecule has 25 heavy (non-hydrogen) atoms. The summed E-state index contributed by atoms with van der Waals surface area (Å²) in [5.74, 6) is 0.736. The number of urea groups is 1. The second-order valence-corrected chi connectivity index (χ2v) is 7.67. The van der Waals surface area contributed by atoms with Crippen LogP contribution in [0, 0.1) is 0 Å². The number of likely N-dealkylation sites (N-methyl/N-ethyl adjacent to an activating group) is 1. The molecule has 2 amide bonds. The Morgan fingerprint density at radius 2 is 2.16 bits per heavy atom. The molecule has 0 aliphatic carbocycles. The van der Waals surface area contributed by atoms with E-state index in [9.17, 15) is 4.79 Å². The van der Waals surface area contributed by atoms with Crippen molar-refractivity contribution >= 4 is 11.7 Å². The van der Waals surface area contributed by atoms with Crippen molar-refractivity contribution in [2.45, 2.75) is 51.8 Å². The van der Waals surface area contributed by atoms with Crippen LogP contribution in [0.15, 0.2) is 24.3 Å². The summed E-state index contributed by atoms with van der Waals surface area (Å²) in [6.07, 6.45) is 0.915. The average Bonchev–Trinajstić information content (AvgIpc) is 2.88. The molecule has 1 aliphatic rings. The first-order valence-electron chi connectivity index (χ1n) is 8.89. The largest absolute Gasteiger partial charge is 0.488 e. The summed E-state index contributed by atoms with van der Waals surface area (Å²) in [7, 11) is 1.99. The zero-order valence-electron chi connectivity index (χ0n) is 16.0. The number of ether oxygens (including phenoxy) is 1. The number of aliphatic hydroxyl groups excluding tert-OH is 1. The first-order chi connectivity index (χ1) is 11.7. The number of nitrogens with one attached hydrogen (secondary N) is 1. The van der Waals surface area contributed by atoms with Crippen LogP contribution >= 0.6 is 0 Å². The number of hydrogen-bond donors (Lipinski definition) is 2. The van der Waals surface area contributed by atoms with E-state index in [2.05, 4.69) is 17.1 Å². The van der Waals surface area contributed by atoms with Crippen LogP contribution in [0.1, 0.15) is 34.1 Å². The molecule has 2 atom stereocenters. The maximum absolute atomic E-state index is 12.7. The van der Waals surface area contributed by atoms with Gasteiger partial charge in [0.15, 0.2) is 0 Å². The summed E-state index contributed by atoms with van der Waals surface area (Å²) in [6.45, 7) is 9.51. The first-order valence-corrected chi connectivity index (χ1v) is 8.89. The smallest absolute Gasteiger partial charge is 0.322 e. The van der Waals surface area contributed by atoms with Crippen molar-refractivity contribution in [2.24, 2.45) is 0 Å². The van der Waals surface area contributed by atoms with Crippen LogP contribution in [0.25, 0.3) is 0 Å². The SMILES string of the molecule is C[C@@H]1[C@H](N(C)CCO)CCN1C(=O)Nc1cccc(OC(C)(C)C)c1. The Balaban J connectivity index is 1.99. The monoisotopic (exact) mass is 349 g/mol. The van der Waals surface area contributed by atoms with Gasteiger partial charge in [-0.1, -0.05) is 6.07 Å². The quantitative estimate of drug-likeness (QED) is 0.858. The number of likely N-dealkylation sites (tertiary alicyclic amines) is 1. The van der Waals surface area contributed by atoms with Gasteiger partial charge in [-0.2, -0.15) is 0 Å². The number of hydrogen-bond acceptors (Lipinski definition) is 4. The lowest BCUT2D eigenvalue weighted by Crippen LogP contribution is -2.45. The highest BCUT2D eigenvalue weighted by Crippen LogP contribution is 2.25. The lowest BCUT2D eigenvalue weighted by atomic mass is 10.1. The van der Waals surface area contributed by atoms with E-state index < -0.39 is 0 Å². The number of amides is 2. The van der Waals surface area contributed by atoms with Crippen LogP contribution in [0.2, 0.25) is 0 Å². The third-order valence-corrected chi connectivity index (χ3v) is 4.50. The molecule has 0 saturated carbocycles. The van der Waals surface area contributed by atoms with E-state index in [1.54, 1.807) is 0 Å². The van der Waals surface area contributed by atoms with Crippen LogP contribution in [0.3, 0.4) is 0 Å². The van der Waals surface area contributed by atoms with Gasteiger partial charge >= 0.3 is 6.03 Å². The highest BCUT2D eigenvalue weighted by molar-refractivity contribution is 5.90. The van der Waals surface area contributed by atoms with Crippen molar-refractivity contribution in [1.82, 2.24) is 9.80 Å². The second-order valence-electron chi connectivity index (χ2n) is 7.67. The molecule has 2 rings (SSSR count). The number of nitrogens with zero attached hydrogens (tertiary/aromatic N) is 2. The summed E-state index contributed by atoms with van der Waals surface area (Å²) >= 11 is 0. The van der Waals surface area contributed by atoms with Gasteiger partial charge in [-0.05, 0) is 53.3 Å². The summed E-state index contributed by atoms with van der Waals surface area (Å²) < 4.78 is 5.85. The third kappa shape index (κ3) is 5.34. The molecule has 1 fully saturated rings. The fourth-order valence-corrected chi connectivity index (χ4v) is 3.31. The molecule has 1 heterocycles. The van der Waals surface area contributed by atoms with E-state index in [-0.39, 0.29) is 30.3 Å². The highest BCUT2D eigenvalue weighted by Gasteiger charge is 2.35. The topological polar surface area (TPSA) is 65.0 Å². The summed E-state index contributed by atoms with van der Waals surface area (Å²) in [5.41, 5.74) is 0.447. The first kappa shape index (κ1) is 19.5. The Labute approximate surface area is 150 Å². The van der Waals surface area contributed by atoms with Gasteiger partial charge in [0.05, 0.1) is 6.61 Å². The molecular formula is C19H31N3O3. The van der Waals surface area contributed by atoms with Gasteiger partial charge in [0.2, 0.25) is 0 Å². The third-order valence-electron chi connectivity index (χ3n) is 4.50. The lowest BCUT2D eigenvalue weighted by Gasteiger charge is -2.30. The molecular weight excluding hydrogens is 318 g/mol. The number of carbonyl (C=O) groups is 1. The van der Waals surface area contributed by atoms with E-state index in [0.29, 0.717) is 13.1 Å². The van der Waals surface area contributed by atoms with Gasteiger partial charge in [0.1, 0.15) is 11.4 Å². The molecule has 0 bridgehead atoms. The Kier molecular flexibility index (Phi) is 6.30. The van der Waals surface area contributed by atoms with Crippen molar-refractivity contribution in [3.8, 4) is 5.75 Å². The van der Waals surface area contributed by atoms with E-state index in [0.717, 1.165) is 17.9 Å². The van der Waals surface area contributed by atoms with Crippen molar-refractivity contribution in [1.29, 1.82) is 0 Å². The molecule has 1 saturated heterocycles. The summed E-state index contributed by atoms with van der Waals surface area (Å²) in [4.78, 5) is 16.6. The lowest BCUT2D eigenvalue weighted by molar-refractivity contribution is 0.131. The molecule has 0 radical (unpaired) electrons. The standard InChI is InChI=1S/C19H31N3O3/c1-14-17(21(5)11-12-23)9-10-22(14)18(24)20-15-7-6-8-16(13-15)25-19(2,3)4/h6-8,13-14,17,23H,9-12H2,1-5H3,(H,20,24)/t14-,17-/m1/s1. The van der Waals surface area contributed by atoms with E-state index in [1.807, 2.05) is 57.0 Å². The number of aliphatic hydroxyl groups is 1. The molecule has 1 aromatic carbocycles. The van der Waals surface area contributed by atoms with Crippen LogP contribution < -0.4 is 10.1 Å². The normalized spacial score (nSPS) is 20.8. The maximum Gasteiger partial charge on any atom is 0.322 e. The zero-order valence-corrected chi connectivity index (χ0v) is 16.0. The molecule has 6 nitrogen and oxygen atoms in total. The van der Waals surface area contributed by atoms with Crippen LogP contribution in [0.4, 0.5) is 10.5 Å². The zero-order chi connectivity index (χ0) is 18.6. The minimum atomic E-state index is -0.281. The minimum Gasteiger partial charge on any atom is -0.488 e. The maximum atomic E-state index is 12.7. The molecule has 0 aromatic heterocycles. The highest BCUT2D eigenvalue weighted by atomic mass is 16.5. The Morgan fingerprint density at radius 3 is 2.80 bits per heavy atom. The van der Waals surface area contributed by atoms with Gasteiger partial charge in [0.25, 0.3) is 0 Å². The van der Waals surface area contributed by atoms with Crippen LogP contribution in [0.5, 0.6) is 5.75 Å². The van der Waals surface area contributed by atoms with Gasteiger partial charge in [-0.15, -0.1) is 0 Å². The van der Waals surface area contributed by atoms with Crippen LogP contribution in [-0.4, -0.2) is 65.4 Å². The van der Waals surface area contributed by atoms with Gasteiger partial charge in [-0.3, -0.25) is 4.90 Å². The van der Waals surface area contributed by atoms with Crippen molar-refractivity contribution in [3.05, 3.63) is 24.3 Å². The fraction of sp³-hybridized carbons (Fsp3) is 0.632. The molecule has 6 heteroatoms. The van der Waals surface area contributed by atoms with Crippen molar-refractivity contribution < 1.29 is 14.6 Å². The molecule has 0 unspecified atom stereocenters. The van der Waals surface area contributed by atoms with Crippen molar-refractivity contribution in [2.75, 3.05) is 32.1 Å². The summed E-state index contributed by atoms with van der Waals surface area (Å²) in [5, 5.41) is 12.1.